The molecule has 0 aliphatic carbocycles. The number of carbonyl (C=O) groups is 3. The summed E-state index contributed by atoms with van der Waals surface area (Å²) < 4.78 is 34.7. The van der Waals surface area contributed by atoms with Gasteiger partial charge in [-0.05, 0) is 12.1 Å². The second-order valence-corrected chi connectivity index (χ2v) is 5.03. The summed E-state index contributed by atoms with van der Waals surface area (Å²) in [6, 6.07) is 4.14. The Kier molecular flexibility index (Phi) is 9.84. The first-order valence-electron chi connectivity index (χ1n) is 8.15. The third-order valence-electron chi connectivity index (χ3n) is 3.14. The Hall–Kier alpha value is -4.13. The molecule has 0 aromatic heterocycles. The summed E-state index contributed by atoms with van der Waals surface area (Å²) >= 11 is 0. The maximum atomic E-state index is 12.6. The first-order chi connectivity index (χ1) is 14.4. The number of carbonyl (C=O) groups excluding carboxylic acids is 3. The molecule has 0 radical (unpaired) electrons. The van der Waals surface area contributed by atoms with Crippen molar-refractivity contribution in [1.29, 1.82) is 0 Å². The number of methoxy groups -OCH3 is 4. The quantitative estimate of drug-likeness (QED) is 0.181. The van der Waals surface area contributed by atoms with Crippen LogP contribution in [0.4, 0.5) is 0 Å². The van der Waals surface area contributed by atoms with E-state index in [2.05, 4.69) is 15.4 Å². The highest BCUT2D eigenvalue weighted by atomic mass is 16.6. The SMILES string of the molecule is C#CCOC(=O)c1c(O/C(=C\OC)C(=O)OC)cccc1O/C(=C\OC)C(=O)OC. The van der Waals surface area contributed by atoms with Crippen molar-refractivity contribution in [3.63, 3.8) is 0 Å². The lowest BCUT2D eigenvalue weighted by molar-refractivity contribution is -0.139. The van der Waals surface area contributed by atoms with Crippen LogP contribution >= 0.6 is 0 Å². The van der Waals surface area contributed by atoms with Crippen molar-refractivity contribution in [2.45, 2.75) is 0 Å². The van der Waals surface area contributed by atoms with Gasteiger partial charge in [0.05, 0.1) is 28.4 Å². The van der Waals surface area contributed by atoms with Gasteiger partial charge in [-0.25, -0.2) is 14.4 Å². The molecule has 30 heavy (non-hydrogen) atoms. The highest BCUT2D eigenvalue weighted by Crippen LogP contribution is 2.32. The summed E-state index contributed by atoms with van der Waals surface area (Å²) in [6.45, 7) is -0.345. The number of terminal acetylenes is 1. The minimum atomic E-state index is -0.943. The third kappa shape index (κ3) is 6.49. The van der Waals surface area contributed by atoms with Crippen molar-refractivity contribution in [2.24, 2.45) is 0 Å². The van der Waals surface area contributed by atoms with E-state index < -0.39 is 17.9 Å². The van der Waals surface area contributed by atoms with E-state index >= 15 is 0 Å². The van der Waals surface area contributed by atoms with Crippen LogP contribution in [-0.2, 0) is 33.3 Å². The van der Waals surface area contributed by atoms with Crippen LogP contribution in [0.1, 0.15) is 10.4 Å². The molecule has 1 aromatic rings. The van der Waals surface area contributed by atoms with Crippen molar-refractivity contribution in [3.8, 4) is 23.8 Å². The molecule has 0 fully saturated rings. The predicted molar refractivity (Wildman–Crippen MR) is 101 cm³/mol. The van der Waals surface area contributed by atoms with Gasteiger partial charge in [0.2, 0.25) is 11.5 Å². The van der Waals surface area contributed by atoms with E-state index in [-0.39, 0.29) is 35.2 Å². The minimum Gasteiger partial charge on any atom is -0.500 e. The summed E-state index contributed by atoms with van der Waals surface area (Å²) in [5, 5.41) is 0. The Morgan fingerprint density at radius 3 is 1.73 bits per heavy atom. The largest absolute Gasteiger partial charge is 0.500 e. The summed E-state index contributed by atoms with van der Waals surface area (Å²) in [5.41, 5.74) is -0.274. The zero-order chi connectivity index (χ0) is 22.5. The standard InChI is InChI=1S/C20H20O10/c1-6-10-28-20(23)17-13(29-15(11-24-2)18(21)26-4)8-7-9-14(17)30-16(12-25-3)19(22)27-5/h1,7-9,11-12H,10H2,2-5H3/b15-11-,16-12-. The van der Waals surface area contributed by atoms with Gasteiger partial charge in [0, 0.05) is 0 Å². The molecule has 0 N–H and O–H groups in total. The zero-order valence-electron chi connectivity index (χ0n) is 16.8. The summed E-state index contributed by atoms with van der Waals surface area (Å²) in [6.07, 6.45) is 7.07. The van der Waals surface area contributed by atoms with Crippen LogP contribution in [0, 0.1) is 12.3 Å². The Labute approximate surface area is 172 Å². The Morgan fingerprint density at radius 1 is 0.900 bits per heavy atom. The van der Waals surface area contributed by atoms with Gasteiger partial charge in [0.1, 0.15) is 29.6 Å². The molecule has 0 heterocycles. The molecule has 1 rings (SSSR count). The maximum Gasteiger partial charge on any atom is 0.377 e. The molecular formula is C20H20O10. The van der Waals surface area contributed by atoms with E-state index in [4.69, 9.17) is 30.1 Å². The van der Waals surface area contributed by atoms with Crippen LogP contribution in [-0.4, -0.2) is 53.0 Å². The highest BCUT2D eigenvalue weighted by molar-refractivity contribution is 5.97. The monoisotopic (exact) mass is 420 g/mol. The van der Waals surface area contributed by atoms with Crippen molar-refractivity contribution in [3.05, 3.63) is 47.8 Å². The van der Waals surface area contributed by atoms with E-state index in [0.29, 0.717) is 0 Å². The van der Waals surface area contributed by atoms with E-state index in [1.807, 2.05) is 0 Å². The van der Waals surface area contributed by atoms with Crippen molar-refractivity contribution in [1.82, 2.24) is 0 Å². The normalized spacial score (nSPS) is 10.9. The molecule has 0 atom stereocenters. The van der Waals surface area contributed by atoms with Crippen LogP contribution in [0.5, 0.6) is 11.5 Å². The zero-order valence-corrected chi connectivity index (χ0v) is 16.8. The molecule has 0 saturated carbocycles. The smallest absolute Gasteiger partial charge is 0.377 e. The maximum absolute atomic E-state index is 12.6. The third-order valence-corrected chi connectivity index (χ3v) is 3.14. The predicted octanol–water partition coefficient (Wildman–Crippen LogP) is 1.56. The lowest BCUT2D eigenvalue weighted by Crippen LogP contribution is -2.17. The molecule has 0 bridgehead atoms. The van der Waals surface area contributed by atoms with Gasteiger partial charge in [-0.2, -0.15) is 0 Å². The second-order valence-electron chi connectivity index (χ2n) is 5.03. The van der Waals surface area contributed by atoms with E-state index in [1.54, 1.807) is 0 Å². The topological polar surface area (TPSA) is 116 Å². The van der Waals surface area contributed by atoms with Crippen LogP contribution in [0.3, 0.4) is 0 Å². The number of benzene rings is 1. The first kappa shape index (κ1) is 23.9. The molecule has 10 heteroatoms. The van der Waals surface area contributed by atoms with Crippen LogP contribution in [0.15, 0.2) is 42.2 Å². The summed E-state index contributed by atoms with van der Waals surface area (Å²) in [4.78, 5) is 36.3. The Balaban J connectivity index is 3.50. The van der Waals surface area contributed by atoms with Gasteiger partial charge in [0.15, 0.2) is 6.61 Å². The Morgan fingerprint density at radius 2 is 1.37 bits per heavy atom. The molecule has 0 unspecified atom stereocenters. The van der Waals surface area contributed by atoms with Gasteiger partial charge in [-0.1, -0.05) is 12.0 Å². The summed E-state index contributed by atoms with van der Waals surface area (Å²) in [5.74, 6) is -1.61. The van der Waals surface area contributed by atoms with E-state index in [9.17, 15) is 14.4 Å². The van der Waals surface area contributed by atoms with Gasteiger partial charge in [-0.3, -0.25) is 0 Å². The van der Waals surface area contributed by atoms with Gasteiger partial charge < -0.3 is 33.2 Å². The van der Waals surface area contributed by atoms with Gasteiger partial charge >= 0.3 is 17.9 Å². The molecule has 1 aromatic carbocycles. The number of esters is 3. The molecule has 0 amide bonds. The fraction of sp³-hybridized carbons (Fsp3) is 0.250. The van der Waals surface area contributed by atoms with Gasteiger partial charge in [0.25, 0.3) is 0 Å². The lowest BCUT2D eigenvalue weighted by Gasteiger charge is -2.16. The molecule has 0 spiro atoms. The number of ether oxygens (including phenoxy) is 7. The average Bonchev–Trinajstić information content (AvgIpc) is 2.75. The van der Waals surface area contributed by atoms with Crippen molar-refractivity contribution < 1.29 is 47.5 Å². The second kappa shape index (κ2) is 12.4. The van der Waals surface area contributed by atoms with Crippen LogP contribution in [0.25, 0.3) is 0 Å². The molecule has 160 valence electrons. The molecule has 0 saturated heterocycles. The summed E-state index contributed by atoms with van der Waals surface area (Å²) in [7, 11) is 4.84. The minimum absolute atomic E-state index is 0.162. The number of hydrogen-bond acceptors (Lipinski definition) is 10. The number of hydrogen-bond donors (Lipinski definition) is 0. The first-order valence-corrected chi connectivity index (χ1v) is 8.15. The fourth-order valence-corrected chi connectivity index (χ4v) is 1.94. The number of rotatable bonds is 10. The van der Waals surface area contributed by atoms with Crippen LogP contribution < -0.4 is 9.47 Å². The Bertz CT molecular complexity index is 822. The van der Waals surface area contributed by atoms with Crippen molar-refractivity contribution >= 4 is 17.9 Å². The van der Waals surface area contributed by atoms with Crippen LogP contribution in [0.2, 0.25) is 0 Å². The molecule has 10 nitrogen and oxygen atoms in total. The van der Waals surface area contributed by atoms with Crippen molar-refractivity contribution in [2.75, 3.05) is 35.0 Å². The fourth-order valence-electron chi connectivity index (χ4n) is 1.94. The molecule has 0 aliphatic heterocycles. The molecular weight excluding hydrogens is 400 g/mol. The highest BCUT2D eigenvalue weighted by Gasteiger charge is 2.26. The average molecular weight is 420 g/mol. The van der Waals surface area contributed by atoms with E-state index in [0.717, 1.165) is 26.7 Å². The lowest BCUT2D eigenvalue weighted by atomic mass is 10.1. The van der Waals surface area contributed by atoms with E-state index in [1.165, 1.54) is 32.4 Å². The molecule has 0 aliphatic rings. The van der Waals surface area contributed by atoms with Gasteiger partial charge in [-0.15, -0.1) is 6.42 Å².